The van der Waals surface area contributed by atoms with E-state index >= 15 is 0 Å². The van der Waals surface area contributed by atoms with Crippen LogP contribution in [0.5, 0.6) is 0 Å². The summed E-state index contributed by atoms with van der Waals surface area (Å²) >= 11 is 0. The van der Waals surface area contributed by atoms with Gasteiger partial charge in [0.2, 0.25) is 0 Å². The van der Waals surface area contributed by atoms with Crippen molar-refractivity contribution in [3.63, 3.8) is 0 Å². The number of carboxylic acids is 1. The van der Waals surface area contributed by atoms with Crippen molar-refractivity contribution in [2.24, 2.45) is 0 Å². The molecule has 0 radical (unpaired) electrons. The molecule has 0 saturated heterocycles. The SMILES string of the molecule is COCCCCNC(=O)Nc1c(C)cc(C)cc1C(=O)O. The number of urea groups is 1. The molecule has 0 atom stereocenters. The maximum Gasteiger partial charge on any atom is 0.337 e. The van der Waals surface area contributed by atoms with E-state index in [1.54, 1.807) is 20.1 Å². The van der Waals surface area contributed by atoms with E-state index in [1.807, 2.05) is 13.0 Å². The topological polar surface area (TPSA) is 87.7 Å². The first-order valence-corrected chi connectivity index (χ1v) is 6.84. The molecule has 6 nitrogen and oxygen atoms in total. The van der Waals surface area contributed by atoms with Gasteiger partial charge in [-0.05, 0) is 43.9 Å². The zero-order chi connectivity index (χ0) is 15.8. The predicted octanol–water partition coefficient (Wildman–Crippen LogP) is 2.55. The van der Waals surface area contributed by atoms with Crippen LogP contribution in [0.1, 0.15) is 34.3 Å². The first-order valence-electron chi connectivity index (χ1n) is 6.84. The first kappa shape index (κ1) is 17.0. The third-order valence-corrected chi connectivity index (χ3v) is 3.01. The molecule has 21 heavy (non-hydrogen) atoms. The highest BCUT2D eigenvalue weighted by atomic mass is 16.5. The number of ether oxygens (including phenoxy) is 1. The van der Waals surface area contributed by atoms with Crippen LogP contribution in [0.2, 0.25) is 0 Å². The maximum absolute atomic E-state index is 11.8. The fourth-order valence-electron chi connectivity index (χ4n) is 2.03. The van der Waals surface area contributed by atoms with Crippen LogP contribution >= 0.6 is 0 Å². The molecule has 0 spiro atoms. The molecule has 0 saturated carbocycles. The molecule has 1 aromatic rings. The number of unbranched alkanes of at least 4 members (excludes halogenated alkanes) is 1. The average Bonchev–Trinajstić information content (AvgIpc) is 2.41. The molecule has 6 heteroatoms. The molecule has 116 valence electrons. The minimum atomic E-state index is -1.06. The van der Waals surface area contributed by atoms with E-state index in [0.717, 1.165) is 24.0 Å². The highest BCUT2D eigenvalue weighted by Gasteiger charge is 2.15. The monoisotopic (exact) mass is 294 g/mol. The molecule has 2 amide bonds. The Hall–Kier alpha value is -2.08. The van der Waals surface area contributed by atoms with Gasteiger partial charge in [-0.25, -0.2) is 9.59 Å². The van der Waals surface area contributed by atoms with Crippen molar-refractivity contribution in [2.45, 2.75) is 26.7 Å². The third-order valence-electron chi connectivity index (χ3n) is 3.01. The summed E-state index contributed by atoms with van der Waals surface area (Å²) in [5.74, 6) is -1.06. The summed E-state index contributed by atoms with van der Waals surface area (Å²) in [4.78, 5) is 23.1. The van der Waals surface area contributed by atoms with Crippen molar-refractivity contribution >= 4 is 17.7 Å². The summed E-state index contributed by atoms with van der Waals surface area (Å²) in [6.07, 6.45) is 1.67. The molecule has 0 aromatic heterocycles. The molecule has 0 bridgehead atoms. The smallest absolute Gasteiger partial charge is 0.337 e. The summed E-state index contributed by atoms with van der Waals surface area (Å²) in [7, 11) is 1.63. The fourth-order valence-corrected chi connectivity index (χ4v) is 2.03. The molecule has 0 fully saturated rings. The van der Waals surface area contributed by atoms with E-state index in [9.17, 15) is 14.7 Å². The van der Waals surface area contributed by atoms with Gasteiger partial charge in [-0.3, -0.25) is 0 Å². The lowest BCUT2D eigenvalue weighted by Crippen LogP contribution is -2.30. The Morgan fingerprint density at radius 3 is 2.57 bits per heavy atom. The summed E-state index contributed by atoms with van der Waals surface area (Å²) < 4.78 is 4.92. The van der Waals surface area contributed by atoms with Gasteiger partial charge < -0.3 is 20.5 Å². The highest BCUT2D eigenvalue weighted by Crippen LogP contribution is 2.22. The first-order chi connectivity index (χ1) is 9.95. The van der Waals surface area contributed by atoms with Crippen molar-refractivity contribution < 1.29 is 19.4 Å². The van der Waals surface area contributed by atoms with Gasteiger partial charge in [-0.15, -0.1) is 0 Å². The number of hydrogen-bond acceptors (Lipinski definition) is 3. The van der Waals surface area contributed by atoms with Gasteiger partial charge in [0.15, 0.2) is 0 Å². The van der Waals surface area contributed by atoms with Gasteiger partial charge in [0, 0.05) is 20.3 Å². The van der Waals surface area contributed by atoms with E-state index < -0.39 is 12.0 Å². The molecule has 0 unspecified atom stereocenters. The fraction of sp³-hybridized carbons (Fsp3) is 0.467. The van der Waals surface area contributed by atoms with Gasteiger partial charge in [-0.2, -0.15) is 0 Å². The van der Waals surface area contributed by atoms with Crippen molar-refractivity contribution in [3.8, 4) is 0 Å². The number of anilines is 1. The lowest BCUT2D eigenvalue weighted by Gasteiger charge is -2.13. The van der Waals surface area contributed by atoms with Crippen LogP contribution < -0.4 is 10.6 Å². The largest absolute Gasteiger partial charge is 0.478 e. The Morgan fingerprint density at radius 2 is 1.95 bits per heavy atom. The maximum atomic E-state index is 11.8. The van der Waals surface area contributed by atoms with Crippen LogP contribution in [0.25, 0.3) is 0 Å². The molecule has 1 rings (SSSR count). The second kappa shape index (κ2) is 8.26. The van der Waals surface area contributed by atoms with Gasteiger partial charge in [0.05, 0.1) is 11.3 Å². The summed E-state index contributed by atoms with van der Waals surface area (Å²) in [6.45, 7) is 4.76. The molecule has 0 heterocycles. The van der Waals surface area contributed by atoms with Crippen LogP contribution in [0, 0.1) is 13.8 Å². The molecule has 1 aromatic carbocycles. The number of carboxylic acid groups (broad SMARTS) is 1. The lowest BCUT2D eigenvalue weighted by molar-refractivity contribution is 0.0698. The molecule has 0 aliphatic carbocycles. The van der Waals surface area contributed by atoms with Crippen molar-refractivity contribution in [3.05, 3.63) is 28.8 Å². The second-order valence-corrected chi connectivity index (χ2v) is 4.89. The van der Waals surface area contributed by atoms with Crippen molar-refractivity contribution in [1.29, 1.82) is 0 Å². The number of nitrogens with one attached hydrogen (secondary N) is 2. The number of aryl methyl sites for hydroxylation is 2. The van der Waals surface area contributed by atoms with E-state index in [4.69, 9.17) is 4.74 Å². The van der Waals surface area contributed by atoms with Crippen molar-refractivity contribution in [1.82, 2.24) is 5.32 Å². The predicted molar refractivity (Wildman–Crippen MR) is 81.0 cm³/mol. The molecule has 0 aliphatic heterocycles. The average molecular weight is 294 g/mol. The molecule has 3 N–H and O–H groups in total. The highest BCUT2D eigenvalue weighted by molar-refractivity contribution is 6.01. The Labute approximate surface area is 124 Å². The van der Waals surface area contributed by atoms with E-state index in [1.165, 1.54) is 0 Å². The Balaban J connectivity index is 2.65. The van der Waals surface area contributed by atoms with Crippen LogP contribution in [-0.4, -0.2) is 37.4 Å². The van der Waals surface area contributed by atoms with Gasteiger partial charge in [-0.1, -0.05) is 6.07 Å². The van der Waals surface area contributed by atoms with Gasteiger partial charge in [0.25, 0.3) is 0 Å². The number of hydrogen-bond donors (Lipinski definition) is 3. The van der Waals surface area contributed by atoms with Gasteiger partial charge in [0.1, 0.15) is 0 Å². The van der Waals surface area contributed by atoms with E-state index in [-0.39, 0.29) is 5.56 Å². The van der Waals surface area contributed by atoms with Crippen LogP contribution in [0.15, 0.2) is 12.1 Å². The van der Waals surface area contributed by atoms with Crippen LogP contribution in [0.4, 0.5) is 10.5 Å². The summed E-state index contributed by atoms with van der Waals surface area (Å²) in [5.41, 5.74) is 2.00. The quantitative estimate of drug-likeness (QED) is 0.674. The molecule has 0 aliphatic rings. The Kier molecular flexibility index (Phi) is 6.68. The van der Waals surface area contributed by atoms with Crippen LogP contribution in [-0.2, 0) is 4.74 Å². The summed E-state index contributed by atoms with van der Waals surface area (Å²) in [6, 6.07) is 2.98. The molecular formula is C15H22N2O4. The Bertz CT molecular complexity index is 515. The minimum absolute atomic E-state index is 0.0991. The van der Waals surface area contributed by atoms with Crippen molar-refractivity contribution in [2.75, 3.05) is 25.6 Å². The number of carbonyl (C=O) groups is 2. The summed E-state index contributed by atoms with van der Waals surface area (Å²) in [5, 5.41) is 14.5. The third kappa shape index (κ3) is 5.43. The second-order valence-electron chi connectivity index (χ2n) is 4.89. The van der Waals surface area contributed by atoms with E-state index in [2.05, 4.69) is 10.6 Å². The number of amides is 2. The number of carbonyl (C=O) groups excluding carboxylic acids is 1. The molecular weight excluding hydrogens is 272 g/mol. The standard InChI is InChI=1S/C15H22N2O4/c1-10-8-11(2)13(12(9-10)14(18)19)17-15(20)16-6-4-5-7-21-3/h8-9H,4-7H2,1-3H3,(H,18,19)(H2,16,17,20). The number of methoxy groups -OCH3 is 1. The minimum Gasteiger partial charge on any atom is -0.478 e. The normalized spacial score (nSPS) is 10.2. The number of aromatic carboxylic acids is 1. The Morgan fingerprint density at radius 1 is 1.24 bits per heavy atom. The van der Waals surface area contributed by atoms with E-state index in [0.29, 0.717) is 18.8 Å². The van der Waals surface area contributed by atoms with Gasteiger partial charge >= 0.3 is 12.0 Å². The lowest BCUT2D eigenvalue weighted by atomic mass is 10.0. The van der Waals surface area contributed by atoms with Crippen LogP contribution in [0.3, 0.4) is 0 Å². The zero-order valence-corrected chi connectivity index (χ0v) is 12.7. The number of rotatable bonds is 7. The number of benzene rings is 1. The zero-order valence-electron chi connectivity index (χ0n) is 12.7.